The summed E-state index contributed by atoms with van der Waals surface area (Å²) in [6.45, 7) is 5.65. The Morgan fingerprint density at radius 3 is 2.53 bits per heavy atom. The van der Waals surface area contributed by atoms with Gasteiger partial charge < -0.3 is 15.2 Å². The van der Waals surface area contributed by atoms with Gasteiger partial charge in [-0.15, -0.1) is 0 Å². The molecule has 0 aliphatic heterocycles. The van der Waals surface area contributed by atoms with Crippen LogP contribution in [0.25, 0.3) is 0 Å². The quantitative estimate of drug-likeness (QED) is 0.713. The summed E-state index contributed by atoms with van der Waals surface area (Å²) in [5, 5.41) is 13.4. The zero-order valence-electron chi connectivity index (χ0n) is 10.9. The number of aryl methyl sites for hydroxylation is 1. The van der Waals surface area contributed by atoms with E-state index in [1.165, 1.54) is 5.56 Å². The summed E-state index contributed by atoms with van der Waals surface area (Å²) in [6, 6.07) is 8.06. The van der Waals surface area contributed by atoms with Crippen molar-refractivity contribution in [3.63, 3.8) is 0 Å². The van der Waals surface area contributed by atoms with Gasteiger partial charge in [0.1, 0.15) is 0 Å². The summed E-state index contributed by atoms with van der Waals surface area (Å²) >= 11 is 0. The third kappa shape index (κ3) is 4.86. The Morgan fingerprint density at radius 2 is 1.94 bits per heavy atom. The Kier molecular flexibility index (Phi) is 6.19. The Labute approximate surface area is 104 Å². The number of nitrogens with one attached hydrogen (secondary N) is 1. The van der Waals surface area contributed by atoms with Crippen molar-refractivity contribution < 1.29 is 9.84 Å². The molecule has 0 aliphatic rings. The van der Waals surface area contributed by atoms with Crippen LogP contribution < -0.4 is 5.32 Å². The molecular formula is C14H23NO2. The van der Waals surface area contributed by atoms with E-state index in [2.05, 4.69) is 5.32 Å². The predicted molar refractivity (Wildman–Crippen MR) is 70.1 cm³/mol. The van der Waals surface area contributed by atoms with E-state index in [1.54, 1.807) is 7.11 Å². The zero-order chi connectivity index (χ0) is 12.7. The standard InChI is InChI=1S/C14H23NO2/c1-11-5-7-13(8-6-11)14(16)12(2)15-9-4-10-17-3/h5-8,12,14-16H,4,9-10H2,1-3H3. The van der Waals surface area contributed by atoms with Crippen molar-refractivity contribution in [2.24, 2.45) is 0 Å². The lowest BCUT2D eigenvalue weighted by Gasteiger charge is -2.20. The first kappa shape index (κ1) is 14.2. The Balaban J connectivity index is 2.40. The Hall–Kier alpha value is -0.900. The fourth-order valence-electron chi connectivity index (χ4n) is 1.71. The van der Waals surface area contributed by atoms with Crippen LogP contribution in [0.2, 0.25) is 0 Å². The van der Waals surface area contributed by atoms with Crippen LogP contribution in [0.4, 0.5) is 0 Å². The topological polar surface area (TPSA) is 41.5 Å². The first-order valence-corrected chi connectivity index (χ1v) is 6.12. The van der Waals surface area contributed by atoms with Crippen LogP contribution >= 0.6 is 0 Å². The number of hydrogen-bond donors (Lipinski definition) is 2. The lowest BCUT2D eigenvalue weighted by atomic mass is 10.0. The minimum absolute atomic E-state index is 0.0505. The van der Waals surface area contributed by atoms with E-state index in [-0.39, 0.29) is 6.04 Å². The van der Waals surface area contributed by atoms with Gasteiger partial charge in [-0.05, 0) is 32.4 Å². The summed E-state index contributed by atoms with van der Waals surface area (Å²) in [7, 11) is 1.70. The lowest BCUT2D eigenvalue weighted by molar-refractivity contribution is 0.132. The van der Waals surface area contributed by atoms with Crippen LogP contribution in [0.5, 0.6) is 0 Å². The highest BCUT2D eigenvalue weighted by Gasteiger charge is 2.14. The Morgan fingerprint density at radius 1 is 1.29 bits per heavy atom. The van der Waals surface area contributed by atoms with Crippen molar-refractivity contribution in [2.75, 3.05) is 20.3 Å². The van der Waals surface area contributed by atoms with E-state index < -0.39 is 6.10 Å². The number of aliphatic hydroxyl groups is 1. The fraction of sp³-hybridized carbons (Fsp3) is 0.571. The molecule has 0 amide bonds. The second-order valence-electron chi connectivity index (χ2n) is 4.44. The summed E-state index contributed by atoms with van der Waals surface area (Å²) < 4.78 is 4.98. The maximum absolute atomic E-state index is 10.1. The van der Waals surface area contributed by atoms with Crippen LogP contribution in [0.1, 0.15) is 30.6 Å². The fourth-order valence-corrected chi connectivity index (χ4v) is 1.71. The second kappa shape index (κ2) is 7.43. The third-order valence-electron chi connectivity index (χ3n) is 2.88. The molecule has 0 saturated heterocycles. The molecule has 2 unspecified atom stereocenters. The summed E-state index contributed by atoms with van der Waals surface area (Å²) in [5.41, 5.74) is 2.17. The van der Waals surface area contributed by atoms with Crippen molar-refractivity contribution in [3.8, 4) is 0 Å². The molecule has 17 heavy (non-hydrogen) atoms. The van der Waals surface area contributed by atoms with E-state index in [1.807, 2.05) is 38.1 Å². The summed E-state index contributed by atoms with van der Waals surface area (Å²) in [4.78, 5) is 0. The lowest BCUT2D eigenvalue weighted by Crippen LogP contribution is -2.33. The molecular weight excluding hydrogens is 214 g/mol. The average Bonchev–Trinajstić information content (AvgIpc) is 2.34. The molecule has 1 rings (SSSR count). The Bertz CT molecular complexity index is 311. The van der Waals surface area contributed by atoms with Crippen LogP contribution in [0.3, 0.4) is 0 Å². The van der Waals surface area contributed by atoms with Gasteiger partial charge in [-0.1, -0.05) is 29.8 Å². The first-order valence-electron chi connectivity index (χ1n) is 6.12. The maximum atomic E-state index is 10.1. The molecule has 96 valence electrons. The molecule has 0 aromatic heterocycles. The summed E-state index contributed by atoms with van der Waals surface area (Å²) in [6.07, 6.45) is 0.500. The summed E-state index contributed by atoms with van der Waals surface area (Å²) in [5.74, 6) is 0. The highest BCUT2D eigenvalue weighted by atomic mass is 16.5. The van der Waals surface area contributed by atoms with Gasteiger partial charge in [0.2, 0.25) is 0 Å². The van der Waals surface area contributed by atoms with Crippen LogP contribution in [0, 0.1) is 6.92 Å². The van der Waals surface area contributed by atoms with Crippen molar-refractivity contribution in [3.05, 3.63) is 35.4 Å². The molecule has 2 N–H and O–H groups in total. The first-order chi connectivity index (χ1) is 8.15. The van der Waals surface area contributed by atoms with Gasteiger partial charge in [0.25, 0.3) is 0 Å². The van der Waals surface area contributed by atoms with Crippen LogP contribution in [0.15, 0.2) is 24.3 Å². The number of rotatable bonds is 7. The van der Waals surface area contributed by atoms with Crippen molar-refractivity contribution in [1.29, 1.82) is 0 Å². The number of benzene rings is 1. The normalized spacial score (nSPS) is 14.6. The molecule has 1 aromatic carbocycles. The van der Waals surface area contributed by atoms with Gasteiger partial charge in [-0.25, -0.2) is 0 Å². The van der Waals surface area contributed by atoms with Gasteiger partial charge in [-0.2, -0.15) is 0 Å². The van der Waals surface area contributed by atoms with E-state index in [0.717, 1.165) is 25.1 Å². The smallest absolute Gasteiger partial charge is 0.0940 e. The molecule has 0 saturated carbocycles. The van der Waals surface area contributed by atoms with Crippen LogP contribution in [-0.2, 0) is 4.74 Å². The van der Waals surface area contributed by atoms with Crippen molar-refractivity contribution in [2.45, 2.75) is 32.4 Å². The molecule has 0 bridgehead atoms. The highest BCUT2D eigenvalue weighted by molar-refractivity contribution is 5.23. The van der Waals surface area contributed by atoms with Crippen LogP contribution in [-0.4, -0.2) is 31.4 Å². The largest absolute Gasteiger partial charge is 0.387 e. The van der Waals surface area contributed by atoms with E-state index in [0.29, 0.717) is 0 Å². The monoisotopic (exact) mass is 237 g/mol. The minimum Gasteiger partial charge on any atom is -0.387 e. The molecule has 0 radical (unpaired) electrons. The third-order valence-corrected chi connectivity index (χ3v) is 2.88. The zero-order valence-corrected chi connectivity index (χ0v) is 10.9. The van der Waals surface area contributed by atoms with Gasteiger partial charge in [0.15, 0.2) is 0 Å². The maximum Gasteiger partial charge on any atom is 0.0940 e. The number of ether oxygens (including phenoxy) is 1. The van der Waals surface area contributed by atoms with E-state index in [9.17, 15) is 5.11 Å². The predicted octanol–water partition coefficient (Wildman–Crippen LogP) is 2.04. The molecule has 3 nitrogen and oxygen atoms in total. The number of hydrogen-bond acceptors (Lipinski definition) is 3. The minimum atomic E-state index is -0.460. The number of aliphatic hydroxyl groups excluding tert-OH is 1. The van der Waals surface area contributed by atoms with Crippen molar-refractivity contribution >= 4 is 0 Å². The number of methoxy groups -OCH3 is 1. The van der Waals surface area contributed by atoms with Gasteiger partial charge in [0.05, 0.1) is 6.10 Å². The molecule has 2 atom stereocenters. The van der Waals surface area contributed by atoms with Crippen molar-refractivity contribution in [1.82, 2.24) is 5.32 Å². The highest BCUT2D eigenvalue weighted by Crippen LogP contribution is 2.17. The SMILES string of the molecule is COCCCNC(C)C(O)c1ccc(C)cc1. The second-order valence-corrected chi connectivity index (χ2v) is 4.44. The van der Waals surface area contributed by atoms with E-state index in [4.69, 9.17) is 4.74 Å². The molecule has 0 heterocycles. The molecule has 0 aliphatic carbocycles. The van der Waals surface area contributed by atoms with E-state index >= 15 is 0 Å². The average molecular weight is 237 g/mol. The van der Waals surface area contributed by atoms with Gasteiger partial charge >= 0.3 is 0 Å². The molecule has 1 aromatic rings. The molecule has 3 heteroatoms. The van der Waals surface area contributed by atoms with Gasteiger partial charge in [-0.3, -0.25) is 0 Å². The molecule has 0 spiro atoms. The molecule has 0 fully saturated rings. The van der Waals surface area contributed by atoms with Gasteiger partial charge in [0, 0.05) is 19.8 Å².